The van der Waals surface area contributed by atoms with Crippen LogP contribution in [0.5, 0.6) is 0 Å². The van der Waals surface area contributed by atoms with Crippen LogP contribution in [0.1, 0.15) is 37.7 Å². The first-order valence-corrected chi connectivity index (χ1v) is 6.10. The monoisotopic (exact) mass is 220 g/mol. The number of nitrogens with zero attached hydrogens (tertiary/aromatic N) is 2. The van der Waals surface area contributed by atoms with E-state index in [9.17, 15) is 5.11 Å². The van der Waals surface area contributed by atoms with Crippen LogP contribution in [0.4, 0.5) is 5.82 Å². The van der Waals surface area contributed by atoms with E-state index >= 15 is 0 Å². The first-order chi connectivity index (χ1) is 7.83. The summed E-state index contributed by atoms with van der Waals surface area (Å²) in [6.45, 7) is 0.0697. The van der Waals surface area contributed by atoms with Gasteiger partial charge in [0.25, 0.3) is 0 Å². The predicted molar refractivity (Wildman–Crippen MR) is 65.4 cm³/mol. The Hall–Kier alpha value is -1.09. The Labute approximate surface area is 97.1 Å². The summed E-state index contributed by atoms with van der Waals surface area (Å²) < 4.78 is 0. The van der Waals surface area contributed by atoms with Crippen LogP contribution in [-0.4, -0.2) is 23.2 Å². The summed E-state index contributed by atoms with van der Waals surface area (Å²) in [5.41, 5.74) is 0.926. The molecule has 1 heterocycles. The summed E-state index contributed by atoms with van der Waals surface area (Å²) in [6, 6.07) is 4.42. The molecule has 0 unspecified atom stereocenters. The summed E-state index contributed by atoms with van der Waals surface area (Å²) in [5.74, 6) is 0.942. The van der Waals surface area contributed by atoms with Gasteiger partial charge in [-0.1, -0.05) is 25.3 Å². The highest BCUT2D eigenvalue weighted by Gasteiger charge is 2.20. The van der Waals surface area contributed by atoms with Gasteiger partial charge in [-0.25, -0.2) is 4.98 Å². The summed E-state index contributed by atoms with van der Waals surface area (Å²) in [6.07, 6.45) is 8.29. The van der Waals surface area contributed by atoms with Gasteiger partial charge in [-0.15, -0.1) is 0 Å². The van der Waals surface area contributed by atoms with Crippen molar-refractivity contribution in [2.24, 2.45) is 0 Å². The first kappa shape index (κ1) is 11.4. The van der Waals surface area contributed by atoms with E-state index < -0.39 is 0 Å². The van der Waals surface area contributed by atoms with Gasteiger partial charge >= 0.3 is 0 Å². The topological polar surface area (TPSA) is 36.4 Å². The van der Waals surface area contributed by atoms with E-state index in [4.69, 9.17) is 0 Å². The smallest absolute Gasteiger partial charge is 0.134 e. The van der Waals surface area contributed by atoms with Gasteiger partial charge < -0.3 is 10.0 Å². The molecule has 1 aromatic heterocycles. The standard InChI is InChI=1S/C13H20N2O/c1-15(12-7-3-2-4-8-12)13-11(10-16)6-5-9-14-13/h5-6,9,12,16H,2-4,7-8,10H2,1H3. The van der Waals surface area contributed by atoms with Crippen LogP contribution >= 0.6 is 0 Å². The molecule has 16 heavy (non-hydrogen) atoms. The fraction of sp³-hybridized carbons (Fsp3) is 0.615. The molecular formula is C13H20N2O. The van der Waals surface area contributed by atoms with Gasteiger partial charge in [0.1, 0.15) is 5.82 Å². The molecule has 0 radical (unpaired) electrons. The molecule has 1 fully saturated rings. The Bertz CT molecular complexity index is 334. The average molecular weight is 220 g/mol. The molecular weight excluding hydrogens is 200 g/mol. The van der Waals surface area contributed by atoms with Crippen molar-refractivity contribution in [3.63, 3.8) is 0 Å². The zero-order valence-electron chi connectivity index (χ0n) is 9.89. The summed E-state index contributed by atoms with van der Waals surface area (Å²) in [7, 11) is 2.09. The third-order valence-corrected chi connectivity index (χ3v) is 3.49. The highest BCUT2D eigenvalue weighted by Crippen LogP contribution is 2.26. The molecule has 1 aliphatic carbocycles. The minimum absolute atomic E-state index is 0.0697. The second-order valence-corrected chi connectivity index (χ2v) is 4.55. The van der Waals surface area contributed by atoms with Gasteiger partial charge in [0.05, 0.1) is 6.61 Å². The Morgan fingerprint density at radius 3 is 2.81 bits per heavy atom. The van der Waals surface area contributed by atoms with Crippen LogP contribution in [0.15, 0.2) is 18.3 Å². The van der Waals surface area contributed by atoms with E-state index in [1.807, 2.05) is 12.1 Å². The van der Waals surface area contributed by atoms with E-state index in [1.165, 1.54) is 32.1 Å². The molecule has 1 aliphatic rings. The largest absolute Gasteiger partial charge is 0.392 e. The van der Waals surface area contributed by atoms with Crippen molar-refractivity contribution in [1.29, 1.82) is 0 Å². The van der Waals surface area contributed by atoms with Crippen molar-refractivity contribution in [3.05, 3.63) is 23.9 Å². The van der Waals surface area contributed by atoms with Crippen LogP contribution in [0.25, 0.3) is 0 Å². The zero-order chi connectivity index (χ0) is 11.4. The van der Waals surface area contributed by atoms with Gasteiger partial charge in [0, 0.05) is 24.8 Å². The summed E-state index contributed by atoms with van der Waals surface area (Å²) >= 11 is 0. The van der Waals surface area contributed by atoms with Gasteiger partial charge in [0.2, 0.25) is 0 Å². The maximum Gasteiger partial charge on any atom is 0.134 e. The van der Waals surface area contributed by atoms with Crippen molar-refractivity contribution in [2.45, 2.75) is 44.8 Å². The molecule has 88 valence electrons. The van der Waals surface area contributed by atoms with Crippen molar-refractivity contribution in [1.82, 2.24) is 4.98 Å². The summed E-state index contributed by atoms with van der Waals surface area (Å²) in [5, 5.41) is 9.30. The molecule has 1 aromatic rings. The van der Waals surface area contributed by atoms with E-state index in [2.05, 4.69) is 16.9 Å². The Balaban J connectivity index is 2.15. The van der Waals surface area contributed by atoms with Crippen molar-refractivity contribution in [2.75, 3.05) is 11.9 Å². The van der Waals surface area contributed by atoms with E-state index in [1.54, 1.807) is 6.20 Å². The highest BCUT2D eigenvalue weighted by molar-refractivity contribution is 5.46. The second-order valence-electron chi connectivity index (χ2n) is 4.55. The van der Waals surface area contributed by atoms with E-state index in [0.29, 0.717) is 6.04 Å². The lowest BCUT2D eigenvalue weighted by molar-refractivity contribution is 0.281. The molecule has 0 amide bonds. The van der Waals surface area contributed by atoms with Gasteiger partial charge in [-0.05, 0) is 18.9 Å². The molecule has 0 bridgehead atoms. The van der Waals surface area contributed by atoms with Crippen molar-refractivity contribution >= 4 is 5.82 Å². The average Bonchev–Trinajstić information content (AvgIpc) is 2.39. The molecule has 0 aromatic carbocycles. The number of rotatable bonds is 3. The molecule has 0 atom stereocenters. The highest BCUT2D eigenvalue weighted by atomic mass is 16.3. The maximum absolute atomic E-state index is 9.30. The fourth-order valence-electron chi connectivity index (χ4n) is 2.51. The Morgan fingerprint density at radius 1 is 1.38 bits per heavy atom. The Morgan fingerprint density at radius 2 is 2.12 bits per heavy atom. The number of hydrogen-bond donors (Lipinski definition) is 1. The SMILES string of the molecule is CN(c1ncccc1CO)C1CCCCC1. The quantitative estimate of drug-likeness (QED) is 0.849. The van der Waals surface area contributed by atoms with E-state index in [0.717, 1.165) is 11.4 Å². The van der Waals surface area contributed by atoms with Crippen LogP contribution in [-0.2, 0) is 6.61 Å². The van der Waals surface area contributed by atoms with Crippen LogP contribution < -0.4 is 4.90 Å². The van der Waals surface area contributed by atoms with Crippen LogP contribution in [0, 0.1) is 0 Å². The number of aliphatic hydroxyl groups is 1. The fourth-order valence-corrected chi connectivity index (χ4v) is 2.51. The number of aliphatic hydroxyl groups excluding tert-OH is 1. The minimum atomic E-state index is 0.0697. The molecule has 3 heteroatoms. The lowest BCUT2D eigenvalue weighted by Crippen LogP contribution is -2.34. The molecule has 0 saturated heterocycles. The van der Waals surface area contributed by atoms with Gasteiger partial charge in [0.15, 0.2) is 0 Å². The minimum Gasteiger partial charge on any atom is -0.392 e. The van der Waals surface area contributed by atoms with E-state index in [-0.39, 0.29) is 6.61 Å². The third-order valence-electron chi connectivity index (χ3n) is 3.49. The maximum atomic E-state index is 9.30. The number of aromatic nitrogens is 1. The number of pyridine rings is 1. The Kier molecular flexibility index (Phi) is 3.78. The summed E-state index contributed by atoms with van der Waals surface area (Å²) in [4.78, 5) is 6.63. The lowest BCUT2D eigenvalue weighted by atomic mass is 9.94. The third kappa shape index (κ3) is 2.35. The van der Waals surface area contributed by atoms with Crippen LogP contribution in [0.2, 0.25) is 0 Å². The normalized spacial score (nSPS) is 17.4. The van der Waals surface area contributed by atoms with Crippen molar-refractivity contribution < 1.29 is 5.11 Å². The molecule has 1 N–H and O–H groups in total. The van der Waals surface area contributed by atoms with Gasteiger partial charge in [-0.2, -0.15) is 0 Å². The molecule has 3 nitrogen and oxygen atoms in total. The first-order valence-electron chi connectivity index (χ1n) is 6.10. The molecule has 0 aliphatic heterocycles. The second kappa shape index (κ2) is 5.30. The molecule has 1 saturated carbocycles. The zero-order valence-corrected chi connectivity index (χ0v) is 9.89. The molecule has 2 rings (SSSR count). The predicted octanol–water partition coefficient (Wildman–Crippen LogP) is 2.34. The van der Waals surface area contributed by atoms with Gasteiger partial charge in [-0.3, -0.25) is 0 Å². The number of hydrogen-bond acceptors (Lipinski definition) is 3. The number of anilines is 1. The molecule has 0 spiro atoms. The lowest BCUT2D eigenvalue weighted by Gasteiger charge is -2.33. The van der Waals surface area contributed by atoms with Crippen LogP contribution in [0.3, 0.4) is 0 Å². The van der Waals surface area contributed by atoms with Crippen molar-refractivity contribution in [3.8, 4) is 0 Å².